The lowest BCUT2D eigenvalue weighted by Gasteiger charge is -2.34. The summed E-state index contributed by atoms with van der Waals surface area (Å²) in [5.74, 6) is 0.0294. The van der Waals surface area contributed by atoms with E-state index >= 15 is 0 Å². The van der Waals surface area contributed by atoms with Crippen LogP contribution in [0, 0.1) is 5.92 Å². The predicted molar refractivity (Wildman–Crippen MR) is 96.8 cm³/mol. The van der Waals surface area contributed by atoms with Crippen LogP contribution in [0.2, 0.25) is 5.02 Å². The average Bonchev–Trinajstić information content (AvgIpc) is 3.06. The molecule has 138 valence electrons. The van der Waals surface area contributed by atoms with Crippen LogP contribution in [0.4, 0.5) is 4.79 Å². The Hall–Kier alpha value is -1.90. The molecule has 2 atom stereocenters. The van der Waals surface area contributed by atoms with E-state index in [9.17, 15) is 18.3 Å². The number of fused-ring (bicyclic) bond motifs is 2. The summed E-state index contributed by atoms with van der Waals surface area (Å²) in [5.41, 5.74) is 0. The zero-order valence-corrected chi connectivity index (χ0v) is 15.4. The van der Waals surface area contributed by atoms with Crippen molar-refractivity contribution in [1.29, 1.82) is 0 Å². The summed E-state index contributed by atoms with van der Waals surface area (Å²) in [6.45, 7) is 0.963. The molecule has 2 aromatic rings. The zero-order valence-electron chi connectivity index (χ0n) is 13.9. The first-order valence-corrected chi connectivity index (χ1v) is 10.2. The summed E-state index contributed by atoms with van der Waals surface area (Å²) in [6.07, 6.45) is 3.61. The Balaban J connectivity index is 1.74. The highest BCUT2D eigenvalue weighted by atomic mass is 35.5. The average molecular weight is 396 g/mol. The van der Waals surface area contributed by atoms with Crippen molar-refractivity contribution in [1.82, 2.24) is 14.2 Å². The predicted octanol–water partition coefficient (Wildman–Crippen LogP) is 2.65. The number of piperidine rings is 1. The second-order valence-corrected chi connectivity index (χ2v) is 9.06. The third-order valence-electron chi connectivity index (χ3n) is 5.31. The van der Waals surface area contributed by atoms with Crippen LogP contribution >= 0.6 is 11.6 Å². The van der Waals surface area contributed by atoms with Gasteiger partial charge in [-0.3, -0.25) is 4.98 Å². The van der Waals surface area contributed by atoms with Gasteiger partial charge in [-0.25, -0.2) is 13.2 Å². The minimum atomic E-state index is -3.79. The van der Waals surface area contributed by atoms with Gasteiger partial charge in [0.25, 0.3) is 0 Å². The van der Waals surface area contributed by atoms with Crippen LogP contribution in [0.25, 0.3) is 10.8 Å². The van der Waals surface area contributed by atoms with E-state index in [2.05, 4.69) is 4.98 Å². The van der Waals surface area contributed by atoms with E-state index in [-0.39, 0.29) is 28.4 Å². The highest BCUT2D eigenvalue weighted by molar-refractivity contribution is 7.89. The summed E-state index contributed by atoms with van der Waals surface area (Å²) in [4.78, 5) is 17.0. The molecule has 0 spiro atoms. The van der Waals surface area contributed by atoms with Crippen LogP contribution in [0.3, 0.4) is 0 Å². The lowest BCUT2D eigenvalue weighted by atomic mass is 9.92. The molecule has 1 N–H and O–H groups in total. The zero-order chi connectivity index (χ0) is 18.5. The maximum absolute atomic E-state index is 13.3. The molecule has 26 heavy (non-hydrogen) atoms. The first kappa shape index (κ1) is 17.5. The fourth-order valence-corrected chi connectivity index (χ4v) is 6.16. The molecule has 2 fully saturated rings. The van der Waals surface area contributed by atoms with E-state index in [4.69, 9.17) is 11.6 Å². The lowest BCUT2D eigenvalue weighted by Crippen LogP contribution is -2.47. The Kier molecular flexibility index (Phi) is 4.29. The van der Waals surface area contributed by atoms with Gasteiger partial charge in [-0.05, 0) is 24.8 Å². The molecule has 9 heteroatoms. The van der Waals surface area contributed by atoms with Gasteiger partial charge in [-0.1, -0.05) is 23.7 Å². The lowest BCUT2D eigenvalue weighted by molar-refractivity contribution is 0.0960. The molecule has 0 aliphatic carbocycles. The number of amides is 1. The van der Waals surface area contributed by atoms with Gasteiger partial charge >= 0.3 is 6.09 Å². The number of carboxylic acid groups (broad SMARTS) is 1. The Morgan fingerprint density at radius 1 is 1.27 bits per heavy atom. The van der Waals surface area contributed by atoms with Crippen molar-refractivity contribution in [3.8, 4) is 0 Å². The molecule has 2 aliphatic rings. The molecule has 0 bridgehead atoms. The molecule has 7 nitrogen and oxygen atoms in total. The van der Waals surface area contributed by atoms with E-state index in [1.54, 1.807) is 24.4 Å². The number of aromatic nitrogens is 1. The van der Waals surface area contributed by atoms with Crippen molar-refractivity contribution in [2.24, 2.45) is 5.92 Å². The summed E-state index contributed by atoms with van der Waals surface area (Å²) >= 11 is 6.23. The van der Waals surface area contributed by atoms with E-state index in [1.165, 1.54) is 15.4 Å². The maximum atomic E-state index is 13.3. The molecule has 1 aromatic heterocycles. The van der Waals surface area contributed by atoms with Crippen LogP contribution < -0.4 is 0 Å². The second kappa shape index (κ2) is 6.37. The number of halogens is 1. The van der Waals surface area contributed by atoms with Crippen molar-refractivity contribution >= 4 is 38.5 Å². The standard InChI is InChI=1S/C17H18ClN3O4S/c18-13-8-19-7-11-3-1-5-15(16(11)13)26(24,25)20-9-12-4-2-6-21(17(22)23)14(12)10-20/h1,3,5,7-8,12,14H,2,4,6,9-10H2,(H,22,23). The minimum absolute atomic E-state index is 0.0294. The third kappa shape index (κ3) is 2.72. The number of hydrogen-bond donors (Lipinski definition) is 1. The number of carbonyl (C=O) groups is 1. The summed E-state index contributed by atoms with van der Waals surface area (Å²) in [7, 11) is -3.79. The number of rotatable bonds is 2. The number of likely N-dealkylation sites (tertiary alicyclic amines) is 1. The van der Waals surface area contributed by atoms with Crippen LogP contribution in [-0.2, 0) is 10.0 Å². The van der Waals surface area contributed by atoms with Gasteiger partial charge in [0.2, 0.25) is 10.0 Å². The highest BCUT2D eigenvalue weighted by Crippen LogP contribution is 2.36. The van der Waals surface area contributed by atoms with Crippen molar-refractivity contribution in [2.75, 3.05) is 19.6 Å². The fourth-order valence-electron chi connectivity index (χ4n) is 4.09. The third-order valence-corrected chi connectivity index (χ3v) is 7.47. The van der Waals surface area contributed by atoms with E-state index in [1.807, 2.05) is 0 Å². The summed E-state index contributed by atoms with van der Waals surface area (Å²) in [6, 6.07) is 4.69. The summed E-state index contributed by atoms with van der Waals surface area (Å²) < 4.78 is 28.0. The van der Waals surface area contributed by atoms with Crippen LogP contribution in [0.1, 0.15) is 12.8 Å². The van der Waals surface area contributed by atoms with Gasteiger partial charge in [0, 0.05) is 42.8 Å². The Bertz CT molecular complexity index is 976. The van der Waals surface area contributed by atoms with Gasteiger partial charge in [0.1, 0.15) is 0 Å². The van der Waals surface area contributed by atoms with Crippen molar-refractivity contribution in [3.05, 3.63) is 35.6 Å². The fraction of sp³-hybridized carbons (Fsp3) is 0.412. The van der Waals surface area contributed by atoms with Gasteiger partial charge in [-0.15, -0.1) is 0 Å². The molecule has 2 aliphatic heterocycles. The van der Waals surface area contributed by atoms with Crippen LogP contribution in [0.5, 0.6) is 0 Å². The molecular formula is C17H18ClN3O4S. The molecule has 0 radical (unpaired) electrons. The topological polar surface area (TPSA) is 90.8 Å². The summed E-state index contributed by atoms with van der Waals surface area (Å²) in [5, 5.41) is 10.8. The Morgan fingerprint density at radius 3 is 2.85 bits per heavy atom. The van der Waals surface area contributed by atoms with Crippen LogP contribution in [0.15, 0.2) is 35.5 Å². The molecule has 4 rings (SSSR count). The molecule has 0 saturated carbocycles. The van der Waals surface area contributed by atoms with Crippen molar-refractivity contribution < 1.29 is 18.3 Å². The quantitative estimate of drug-likeness (QED) is 0.844. The van der Waals surface area contributed by atoms with Gasteiger partial charge < -0.3 is 10.0 Å². The van der Waals surface area contributed by atoms with Gasteiger partial charge in [0.05, 0.1) is 16.0 Å². The molecule has 1 amide bonds. The molecule has 2 saturated heterocycles. The number of sulfonamides is 1. The number of nitrogens with zero attached hydrogens (tertiary/aromatic N) is 3. The molecule has 2 unspecified atom stereocenters. The Morgan fingerprint density at radius 2 is 2.08 bits per heavy atom. The normalized spacial score (nSPS) is 24.0. The SMILES string of the molecule is O=C(O)N1CCCC2CN(S(=O)(=O)c3cccc4cncc(Cl)c34)CC21. The smallest absolute Gasteiger partial charge is 0.407 e. The maximum Gasteiger partial charge on any atom is 0.407 e. The Labute approximate surface area is 156 Å². The van der Waals surface area contributed by atoms with Gasteiger partial charge in [-0.2, -0.15) is 4.31 Å². The first-order valence-electron chi connectivity index (χ1n) is 8.41. The number of pyridine rings is 1. The van der Waals surface area contributed by atoms with E-state index in [0.29, 0.717) is 23.9 Å². The largest absolute Gasteiger partial charge is 0.465 e. The van der Waals surface area contributed by atoms with E-state index in [0.717, 1.165) is 12.8 Å². The monoisotopic (exact) mass is 395 g/mol. The molecule has 1 aromatic carbocycles. The second-order valence-electron chi connectivity index (χ2n) is 6.74. The minimum Gasteiger partial charge on any atom is -0.465 e. The first-order chi connectivity index (χ1) is 12.4. The molecule has 3 heterocycles. The van der Waals surface area contributed by atoms with Crippen molar-refractivity contribution in [2.45, 2.75) is 23.8 Å². The number of benzene rings is 1. The number of hydrogen-bond acceptors (Lipinski definition) is 4. The molecular weight excluding hydrogens is 378 g/mol. The van der Waals surface area contributed by atoms with Crippen LogP contribution in [-0.4, -0.2) is 59.5 Å². The van der Waals surface area contributed by atoms with Gasteiger partial charge in [0.15, 0.2) is 0 Å². The highest BCUT2D eigenvalue weighted by Gasteiger charge is 2.45. The van der Waals surface area contributed by atoms with E-state index < -0.39 is 16.1 Å². The van der Waals surface area contributed by atoms with Crippen molar-refractivity contribution in [3.63, 3.8) is 0 Å².